The summed E-state index contributed by atoms with van der Waals surface area (Å²) >= 11 is 1.44. The fourth-order valence-electron chi connectivity index (χ4n) is 3.61. The van der Waals surface area contributed by atoms with Gasteiger partial charge in [0.15, 0.2) is 0 Å². The summed E-state index contributed by atoms with van der Waals surface area (Å²) in [7, 11) is 1.64. The van der Waals surface area contributed by atoms with Crippen LogP contribution in [0.2, 0.25) is 0 Å². The minimum Gasteiger partial charge on any atom is -0.496 e. The molecule has 1 aromatic carbocycles. The highest BCUT2D eigenvalue weighted by Gasteiger charge is 2.19. The Kier molecular flexibility index (Phi) is 5.83. The number of nitrogens with zero attached hydrogens (tertiary/aromatic N) is 1. The van der Waals surface area contributed by atoms with Crippen LogP contribution in [0.5, 0.6) is 5.75 Å². The molecule has 1 atom stereocenters. The zero-order valence-corrected chi connectivity index (χ0v) is 17.8. The number of benzene rings is 1. The van der Waals surface area contributed by atoms with Crippen LogP contribution in [0.25, 0.3) is 11.0 Å². The van der Waals surface area contributed by atoms with Crippen LogP contribution < -0.4 is 15.8 Å². The van der Waals surface area contributed by atoms with Crippen LogP contribution in [0.4, 0.5) is 0 Å². The molecule has 0 radical (unpaired) electrons. The number of carbonyl (C=O) groups excluding carboxylic acids is 1. The number of hydrogen-bond acceptors (Lipinski definition) is 5. The Hall–Kier alpha value is -3.16. The molecule has 6 nitrogen and oxygen atoms in total. The number of ether oxygens (including phenoxy) is 1. The maximum absolute atomic E-state index is 13.1. The SMILES string of the molecule is COc1cc(C(CN)NC(=O)c2sccc2Cc2ccnc3[nH]ccc23)ccc1C. The summed E-state index contributed by atoms with van der Waals surface area (Å²) in [6.45, 7) is 2.28. The lowest BCUT2D eigenvalue weighted by molar-refractivity contribution is 0.0941. The highest BCUT2D eigenvalue weighted by Crippen LogP contribution is 2.26. The van der Waals surface area contributed by atoms with Crippen LogP contribution >= 0.6 is 11.3 Å². The van der Waals surface area contributed by atoms with Crippen molar-refractivity contribution in [3.8, 4) is 5.75 Å². The van der Waals surface area contributed by atoms with Gasteiger partial charge in [0.05, 0.1) is 18.0 Å². The van der Waals surface area contributed by atoms with Crippen molar-refractivity contribution >= 4 is 28.3 Å². The molecule has 1 unspecified atom stereocenters. The third-order valence-electron chi connectivity index (χ3n) is 5.26. The number of H-pyrrole nitrogens is 1. The Labute approximate surface area is 179 Å². The van der Waals surface area contributed by atoms with Gasteiger partial charge in [0, 0.05) is 24.3 Å². The molecule has 30 heavy (non-hydrogen) atoms. The van der Waals surface area contributed by atoms with E-state index in [1.54, 1.807) is 13.3 Å². The van der Waals surface area contributed by atoms with Crippen molar-refractivity contribution in [2.45, 2.75) is 19.4 Å². The zero-order valence-electron chi connectivity index (χ0n) is 16.9. The molecule has 4 aromatic rings. The van der Waals surface area contributed by atoms with E-state index in [0.29, 0.717) is 17.8 Å². The van der Waals surface area contributed by atoms with Crippen LogP contribution in [-0.2, 0) is 6.42 Å². The number of nitrogens with two attached hydrogens (primary N) is 1. The molecular formula is C23H24N4O2S. The number of hydrogen-bond donors (Lipinski definition) is 3. The molecule has 4 N–H and O–H groups in total. The Morgan fingerprint density at radius 2 is 2.13 bits per heavy atom. The third-order valence-corrected chi connectivity index (χ3v) is 6.22. The molecule has 1 amide bonds. The number of rotatable bonds is 7. The lowest BCUT2D eigenvalue weighted by atomic mass is 10.0. The summed E-state index contributed by atoms with van der Waals surface area (Å²) in [4.78, 5) is 21.3. The second-order valence-corrected chi connectivity index (χ2v) is 8.07. The maximum Gasteiger partial charge on any atom is 0.262 e. The van der Waals surface area contributed by atoms with E-state index in [9.17, 15) is 4.79 Å². The third kappa shape index (κ3) is 3.94. The quantitative estimate of drug-likeness (QED) is 0.422. The highest BCUT2D eigenvalue weighted by atomic mass is 32.1. The number of fused-ring (bicyclic) bond motifs is 1. The normalized spacial score (nSPS) is 12.1. The predicted octanol–water partition coefficient (Wildman–Crippen LogP) is 3.96. The summed E-state index contributed by atoms with van der Waals surface area (Å²) in [5, 5.41) is 6.11. The smallest absolute Gasteiger partial charge is 0.262 e. The second kappa shape index (κ2) is 8.69. The topological polar surface area (TPSA) is 93.0 Å². The first kappa shape index (κ1) is 20.1. The van der Waals surface area contributed by atoms with Crippen LogP contribution in [0.15, 0.2) is 54.2 Å². The lowest BCUT2D eigenvalue weighted by Crippen LogP contribution is -2.33. The average Bonchev–Trinajstić information content (AvgIpc) is 3.42. The van der Waals surface area contributed by atoms with E-state index >= 15 is 0 Å². The number of aromatic nitrogens is 2. The molecule has 4 rings (SSSR count). The van der Waals surface area contributed by atoms with E-state index in [2.05, 4.69) is 15.3 Å². The molecule has 3 heterocycles. The largest absolute Gasteiger partial charge is 0.496 e. The number of nitrogens with one attached hydrogen (secondary N) is 2. The van der Waals surface area contributed by atoms with Crippen LogP contribution in [0.3, 0.4) is 0 Å². The van der Waals surface area contributed by atoms with Crippen molar-refractivity contribution in [3.63, 3.8) is 0 Å². The van der Waals surface area contributed by atoms with Gasteiger partial charge in [-0.2, -0.15) is 0 Å². The molecule has 154 valence electrons. The average molecular weight is 421 g/mol. The monoisotopic (exact) mass is 420 g/mol. The lowest BCUT2D eigenvalue weighted by Gasteiger charge is -2.19. The van der Waals surface area contributed by atoms with Gasteiger partial charge in [-0.25, -0.2) is 4.98 Å². The van der Waals surface area contributed by atoms with E-state index in [1.165, 1.54) is 11.3 Å². The Bertz CT molecular complexity index is 1180. The van der Waals surface area contributed by atoms with Crippen molar-refractivity contribution in [2.75, 3.05) is 13.7 Å². The molecule has 0 saturated heterocycles. The molecule has 0 bridgehead atoms. The summed E-state index contributed by atoms with van der Waals surface area (Å²) in [5.74, 6) is 0.666. The number of aryl methyl sites for hydroxylation is 1. The molecule has 0 spiro atoms. The highest BCUT2D eigenvalue weighted by molar-refractivity contribution is 7.12. The molecule has 3 aromatic heterocycles. The van der Waals surface area contributed by atoms with E-state index in [-0.39, 0.29) is 11.9 Å². The predicted molar refractivity (Wildman–Crippen MR) is 120 cm³/mol. The molecule has 0 fully saturated rings. The minimum absolute atomic E-state index is 0.116. The Morgan fingerprint density at radius 3 is 2.93 bits per heavy atom. The van der Waals surface area contributed by atoms with Crippen molar-refractivity contribution < 1.29 is 9.53 Å². The molecule has 0 aliphatic heterocycles. The van der Waals surface area contributed by atoms with E-state index in [0.717, 1.165) is 39.0 Å². The first-order valence-electron chi connectivity index (χ1n) is 9.73. The molecule has 7 heteroatoms. The molecule has 0 saturated carbocycles. The van der Waals surface area contributed by atoms with Crippen LogP contribution in [-0.4, -0.2) is 29.5 Å². The first-order chi connectivity index (χ1) is 14.6. The maximum atomic E-state index is 13.1. The van der Waals surface area contributed by atoms with Crippen molar-refractivity contribution in [3.05, 3.63) is 81.3 Å². The van der Waals surface area contributed by atoms with Gasteiger partial charge in [-0.05, 0) is 65.2 Å². The van der Waals surface area contributed by atoms with E-state index < -0.39 is 0 Å². The second-order valence-electron chi connectivity index (χ2n) is 7.15. The fraction of sp³-hybridized carbons (Fsp3) is 0.217. The number of carbonyl (C=O) groups is 1. The summed E-state index contributed by atoms with van der Waals surface area (Å²) in [6, 6.07) is 11.6. The number of amides is 1. The van der Waals surface area contributed by atoms with Crippen LogP contribution in [0.1, 0.15) is 38.0 Å². The summed E-state index contributed by atoms with van der Waals surface area (Å²) in [5.41, 5.74) is 10.9. The molecule has 0 aliphatic carbocycles. The van der Waals surface area contributed by atoms with E-state index in [1.807, 2.05) is 54.9 Å². The number of aromatic amines is 1. The fourth-order valence-corrected chi connectivity index (χ4v) is 4.43. The Morgan fingerprint density at radius 1 is 1.27 bits per heavy atom. The summed E-state index contributed by atoms with van der Waals surface area (Å²) < 4.78 is 5.41. The van der Waals surface area contributed by atoms with Gasteiger partial charge in [-0.15, -0.1) is 11.3 Å². The van der Waals surface area contributed by atoms with Crippen LogP contribution in [0, 0.1) is 6.92 Å². The number of methoxy groups -OCH3 is 1. The van der Waals surface area contributed by atoms with Gasteiger partial charge in [0.25, 0.3) is 5.91 Å². The number of thiophene rings is 1. The van der Waals surface area contributed by atoms with Gasteiger partial charge >= 0.3 is 0 Å². The van der Waals surface area contributed by atoms with Crippen molar-refractivity contribution in [2.24, 2.45) is 5.73 Å². The molecular weight excluding hydrogens is 396 g/mol. The minimum atomic E-state index is -0.292. The van der Waals surface area contributed by atoms with Crippen molar-refractivity contribution in [1.82, 2.24) is 15.3 Å². The van der Waals surface area contributed by atoms with Gasteiger partial charge < -0.3 is 20.8 Å². The van der Waals surface area contributed by atoms with E-state index in [4.69, 9.17) is 10.5 Å². The Balaban J connectivity index is 1.56. The van der Waals surface area contributed by atoms with Gasteiger partial charge in [0.1, 0.15) is 11.4 Å². The zero-order chi connectivity index (χ0) is 21.1. The standard InChI is InChI=1S/C23H24N4O2S/c1-14-3-4-16(12-20(14)29-2)19(13-24)27-23(28)21-17(7-10-30-21)11-15-5-8-25-22-18(15)6-9-26-22/h3-10,12,19H,11,13,24H2,1-2H3,(H,25,26)(H,27,28). The molecule has 0 aliphatic rings. The first-order valence-corrected chi connectivity index (χ1v) is 10.6. The van der Waals surface area contributed by atoms with Gasteiger partial charge in [0.2, 0.25) is 0 Å². The van der Waals surface area contributed by atoms with Crippen molar-refractivity contribution in [1.29, 1.82) is 0 Å². The van der Waals surface area contributed by atoms with Gasteiger partial charge in [-0.1, -0.05) is 12.1 Å². The summed E-state index contributed by atoms with van der Waals surface area (Å²) in [6.07, 6.45) is 4.33. The van der Waals surface area contributed by atoms with Gasteiger partial charge in [-0.3, -0.25) is 4.79 Å². The number of pyridine rings is 1.